The summed E-state index contributed by atoms with van der Waals surface area (Å²) in [6.07, 6.45) is 2.00. The fourth-order valence-corrected chi connectivity index (χ4v) is 3.74. The summed E-state index contributed by atoms with van der Waals surface area (Å²) in [5, 5.41) is 1.21. The van der Waals surface area contributed by atoms with Crippen molar-refractivity contribution in [2.75, 3.05) is 0 Å². The van der Waals surface area contributed by atoms with Crippen LogP contribution in [0.5, 0.6) is 5.75 Å². The van der Waals surface area contributed by atoms with Crippen molar-refractivity contribution in [1.29, 1.82) is 0 Å². The molecule has 1 aromatic heterocycles. The molecular formula is C26H27NO. The Bertz CT molecular complexity index is 1080. The van der Waals surface area contributed by atoms with Gasteiger partial charge in [-0.2, -0.15) is 4.73 Å². The Kier molecular flexibility index (Phi) is 5.21. The van der Waals surface area contributed by atoms with E-state index in [0.717, 1.165) is 24.1 Å². The van der Waals surface area contributed by atoms with E-state index in [1.54, 1.807) is 0 Å². The normalized spacial score (nSPS) is 12.2. The van der Waals surface area contributed by atoms with E-state index in [1.807, 2.05) is 4.73 Å². The van der Waals surface area contributed by atoms with E-state index in [4.69, 9.17) is 4.84 Å². The lowest BCUT2D eigenvalue weighted by molar-refractivity contribution is 0.220. The maximum atomic E-state index is 6.25. The summed E-state index contributed by atoms with van der Waals surface area (Å²) in [6, 6.07) is 27.9. The van der Waals surface area contributed by atoms with Gasteiger partial charge in [0.05, 0.1) is 11.2 Å². The average Bonchev–Trinajstić information content (AvgIpc) is 3.11. The van der Waals surface area contributed by atoms with Crippen LogP contribution in [0.2, 0.25) is 0 Å². The zero-order chi connectivity index (χ0) is 19.5. The van der Waals surface area contributed by atoms with Crippen molar-refractivity contribution in [3.05, 3.63) is 101 Å². The third-order valence-corrected chi connectivity index (χ3v) is 5.54. The molecule has 1 atom stereocenters. The quantitative estimate of drug-likeness (QED) is 0.366. The zero-order valence-electron chi connectivity index (χ0n) is 16.9. The molecule has 0 fully saturated rings. The van der Waals surface area contributed by atoms with E-state index >= 15 is 0 Å². The summed E-state index contributed by atoms with van der Waals surface area (Å²) in [5.41, 5.74) is 6.32. The Morgan fingerprint density at radius 1 is 0.786 bits per heavy atom. The van der Waals surface area contributed by atoms with E-state index < -0.39 is 0 Å². The minimum atomic E-state index is 0.360. The molecule has 0 amide bonds. The third kappa shape index (κ3) is 3.55. The van der Waals surface area contributed by atoms with Gasteiger partial charge in [-0.05, 0) is 53.8 Å². The fraction of sp³-hybridized carbons (Fsp3) is 0.231. The highest BCUT2D eigenvalue weighted by atomic mass is 16.7. The van der Waals surface area contributed by atoms with Crippen LogP contribution in [0.4, 0.5) is 0 Å². The molecule has 2 heteroatoms. The first-order chi connectivity index (χ1) is 13.7. The SMILES string of the molecule is CCc1cccc([C@@H](C)c2ccc(On3c(CC)cc4ccccc43)cc2)c1. The van der Waals surface area contributed by atoms with Crippen LogP contribution in [0.25, 0.3) is 10.9 Å². The standard InChI is InChI=1S/C26H27NO/c1-4-20-9-8-11-22(17-20)19(3)21-13-15-25(16-14-21)28-27-24(5-2)18-23-10-6-7-12-26(23)27/h6-19H,4-5H2,1-3H3/t19-/m0/s1. The first-order valence-electron chi connectivity index (χ1n) is 10.2. The van der Waals surface area contributed by atoms with Crippen molar-refractivity contribution in [1.82, 2.24) is 4.73 Å². The summed E-state index contributed by atoms with van der Waals surface area (Å²) >= 11 is 0. The molecule has 0 spiro atoms. The Morgan fingerprint density at radius 2 is 1.57 bits per heavy atom. The van der Waals surface area contributed by atoms with E-state index in [0.29, 0.717) is 5.92 Å². The lowest BCUT2D eigenvalue weighted by Gasteiger charge is -2.15. The Labute approximate surface area is 167 Å². The maximum Gasteiger partial charge on any atom is 0.155 e. The number of hydrogen-bond acceptors (Lipinski definition) is 1. The van der Waals surface area contributed by atoms with Gasteiger partial charge in [0.25, 0.3) is 0 Å². The van der Waals surface area contributed by atoms with Gasteiger partial charge in [0, 0.05) is 11.3 Å². The smallest absolute Gasteiger partial charge is 0.155 e. The Hall–Kier alpha value is -3.00. The summed E-state index contributed by atoms with van der Waals surface area (Å²) in [5.74, 6) is 1.22. The minimum absolute atomic E-state index is 0.360. The monoisotopic (exact) mass is 369 g/mol. The van der Waals surface area contributed by atoms with Crippen LogP contribution in [0.3, 0.4) is 0 Å². The molecule has 0 aliphatic rings. The van der Waals surface area contributed by atoms with Crippen LogP contribution in [-0.2, 0) is 12.8 Å². The Balaban J connectivity index is 1.59. The number of para-hydroxylation sites is 1. The predicted molar refractivity (Wildman–Crippen MR) is 117 cm³/mol. The molecule has 0 N–H and O–H groups in total. The predicted octanol–water partition coefficient (Wildman–Crippen LogP) is 6.76. The Morgan fingerprint density at radius 3 is 2.32 bits per heavy atom. The van der Waals surface area contributed by atoms with Gasteiger partial charge < -0.3 is 4.84 Å². The van der Waals surface area contributed by atoms with Crippen LogP contribution >= 0.6 is 0 Å². The highest BCUT2D eigenvalue weighted by Gasteiger charge is 2.11. The molecule has 0 aliphatic heterocycles. The topological polar surface area (TPSA) is 14.2 Å². The van der Waals surface area contributed by atoms with Gasteiger partial charge in [-0.1, -0.05) is 75.4 Å². The van der Waals surface area contributed by atoms with Crippen molar-refractivity contribution < 1.29 is 4.84 Å². The van der Waals surface area contributed by atoms with E-state index in [-0.39, 0.29) is 0 Å². The summed E-state index contributed by atoms with van der Waals surface area (Å²) in [6.45, 7) is 6.62. The molecule has 0 saturated carbocycles. The zero-order valence-corrected chi connectivity index (χ0v) is 16.9. The van der Waals surface area contributed by atoms with Gasteiger partial charge in [-0.25, -0.2) is 0 Å². The number of rotatable bonds is 6. The van der Waals surface area contributed by atoms with Gasteiger partial charge in [0.1, 0.15) is 0 Å². The lowest BCUT2D eigenvalue weighted by atomic mass is 9.92. The molecule has 0 radical (unpaired) electrons. The average molecular weight is 370 g/mol. The van der Waals surface area contributed by atoms with Crippen molar-refractivity contribution in [2.24, 2.45) is 0 Å². The second kappa shape index (κ2) is 7.93. The molecule has 4 aromatic rings. The van der Waals surface area contributed by atoms with Gasteiger partial charge in [-0.15, -0.1) is 0 Å². The molecule has 0 saturated heterocycles. The van der Waals surface area contributed by atoms with Crippen LogP contribution in [0.15, 0.2) is 78.9 Å². The van der Waals surface area contributed by atoms with Gasteiger partial charge in [0.15, 0.2) is 5.75 Å². The summed E-state index contributed by atoms with van der Waals surface area (Å²) in [4.78, 5) is 6.25. The molecule has 28 heavy (non-hydrogen) atoms. The summed E-state index contributed by atoms with van der Waals surface area (Å²) in [7, 11) is 0. The molecule has 3 aromatic carbocycles. The van der Waals surface area contributed by atoms with Gasteiger partial charge in [0.2, 0.25) is 0 Å². The molecule has 0 aliphatic carbocycles. The summed E-state index contributed by atoms with van der Waals surface area (Å²) < 4.78 is 1.96. The van der Waals surface area contributed by atoms with Crippen molar-refractivity contribution in [3.8, 4) is 5.75 Å². The molecule has 142 valence electrons. The number of fused-ring (bicyclic) bond motifs is 1. The van der Waals surface area contributed by atoms with Gasteiger partial charge >= 0.3 is 0 Å². The second-order valence-electron chi connectivity index (χ2n) is 7.32. The number of aromatic nitrogens is 1. The minimum Gasteiger partial charge on any atom is -0.375 e. The fourth-order valence-electron chi connectivity index (χ4n) is 3.74. The first-order valence-corrected chi connectivity index (χ1v) is 10.2. The molecule has 1 heterocycles. The number of benzene rings is 3. The molecule has 0 unspecified atom stereocenters. The second-order valence-corrected chi connectivity index (χ2v) is 7.32. The van der Waals surface area contributed by atoms with Crippen LogP contribution in [0, 0.1) is 0 Å². The van der Waals surface area contributed by atoms with E-state index in [1.165, 1.54) is 27.8 Å². The highest BCUT2D eigenvalue weighted by Crippen LogP contribution is 2.28. The van der Waals surface area contributed by atoms with Crippen molar-refractivity contribution >= 4 is 10.9 Å². The van der Waals surface area contributed by atoms with Crippen molar-refractivity contribution in [3.63, 3.8) is 0 Å². The van der Waals surface area contributed by atoms with E-state index in [9.17, 15) is 0 Å². The molecule has 4 rings (SSSR count). The van der Waals surface area contributed by atoms with E-state index in [2.05, 4.69) is 99.6 Å². The lowest BCUT2D eigenvalue weighted by Crippen LogP contribution is -2.08. The first kappa shape index (κ1) is 18.4. The molecule has 2 nitrogen and oxygen atoms in total. The number of nitrogens with zero attached hydrogens (tertiary/aromatic N) is 1. The third-order valence-electron chi connectivity index (χ3n) is 5.54. The maximum absolute atomic E-state index is 6.25. The highest BCUT2D eigenvalue weighted by molar-refractivity contribution is 5.81. The van der Waals surface area contributed by atoms with Crippen LogP contribution in [0.1, 0.15) is 49.1 Å². The number of hydrogen-bond donors (Lipinski definition) is 0. The van der Waals surface area contributed by atoms with Crippen LogP contribution < -0.4 is 4.84 Å². The number of aryl methyl sites for hydroxylation is 2. The van der Waals surface area contributed by atoms with Crippen LogP contribution in [-0.4, -0.2) is 4.73 Å². The largest absolute Gasteiger partial charge is 0.375 e. The van der Waals surface area contributed by atoms with Gasteiger partial charge in [-0.3, -0.25) is 0 Å². The molecular weight excluding hydrogens is 342 g/mol. The molecule has 0 bridgehead atoms. The van der Waals surface area contributed by atoms with Crippen molar-refractivity contribution in [2.45, 2.75) is 39.5 Å².